The van der Waals surface area contributed by atoms with Crippen molar-refractivity contribution in [1.29, 1.82) is 0 Å². The molecule has 5 rings (SSSR count). The molecule has 1 aliphatic carbocycles. The number of ether oxygens (including phenoxy) is 1. The van der Waals surface area contributed by atoms with Crippen LogP contribution in [-0.2, 0) is 13.2 Å². The number of terminal acetylenes is 1. The fourth-order valence-electron chi connectivity index (χ4n) is 4.72. The second-order valence-corrected chi connectivity index (χ2v) is 8.66. The summed E-state index contributed by atoms with van der Waals surface area (Å²) >= 11 is 0. The van der Waals surface area contributed by atoms with Gasteiger partial charge in [0.15, 0.2) is 0 Å². The summed E-state index contributed by atoms with van der Waals surface area (Å²) in [6, 6.07) is 26.4. The van der Waals surface area contributed by atoms with Crippen molar-refractivity contribution in [3.05, 3.63) is 84.4 Å². The van der Waals surface area contributed by atoms with Gasteiger partial charge in [-0.2, -0.15) is 0 Å². The van der Waals surface area contributed by atoms with Gasteiger partial charge in [-0.15, -0.1) is 6.42 Å². The second-order valence-electron chi connectivity index (χ2n) is 8.66. The SMILES string of the molecule is C#CCn1c(-c2ccc(CO)c(OC3CCCC3)c2)nc(-c2ccccc2)c1-c1ccccc1. The molecule has 4 heteroatoms. The second kappa shape index (κ2) is 9.99. The Balaban J connectivity index is 1.69. The predicted molar refractivity (Wildman–Crippen MR) is 136 cm³/mol. The minimum Gasteiger partial charge on any atom is -0.490 e. The number of hydrogen-bond donors (Lipinski definition) is 1. The summed E-state index contributed by atoms with van der Waals surface area (Å²) in [5.41, 5.74) is 5.68. The maximum absolute atomic E-state index is 9.91. The summed E-state index contributed by atoms with van der Waals surface area (Å²) < 4.78 is 8.43. The largest absolute Gasteiger partial charge is 0.490 e. The van der Waals surface area contributed by atoms with Gasteiger partial charge in [0.25, 0.3) is 0 Å². The standard InChI is InChI=1S/C30H28N2O2/c1-2-19-32-29(23-13-7-4-8-14-23)28(22-11-5-3-6-12-22)31-30(32)24-17-18-25(21-33)27(20-24)34-26-15-9-10-16-26/h1,3-8,11-14,17-18,20,26,33H,9-10,15-16,19,21H2. The Morgan fingerprint density at radius 3 is 2.24 bits per heavy atom. The lowest BCUT2D eigenvalue weighted by atomic mass is 10.0. The number of imidazole rings is 1. The predicted octanol–water partition coefficient (Wildman–Crippen LogP) is 6.33. The smallest absolute Gasteiger partial charge is 0.142 e. The zero-order chi connectivity index (χ0) is 23.3. The van der Waals surface area contributed by atoms with E-state index in [0.29, 0.717) is 6.54 Å². The van der Waals surface area contributed by atoms with Gasteiger partial charge in [-0.05, 0) is 31.7 Å². The number of nitrogens with zero attached hydrogens (tertiary/aromatic N) is 2. The minimum absolute atomic E-state index is 0.0638. The van der Waals surface area contributed by atoms with E-state index in [1.807, 2.05) is 54.6 Å². The molecule has 1 heterocycles. The Kier molecular flexibility index (Phi) is 6.46. The number of aliphatic hydroxyl groups is 1. The molecule has 170 valence electrons. The molecule has 0 bridgehead atoms. The van der Waals surface area contributed by atoms with Crippen LogP contribution in [0.1, 0.15) is 31.2 Å². The lowest BCUT2D eigenvalue weighted by molar-refractivity contribution is 0.199. The fraction of sp³-hybridized carbons (Fsp3) is 0.233. The Morgan fingerprint density at radius 1 is 0.912 bits per heavy atom. The fourth-order valence-corrected chi connectivity index (χ4v) is 4.72. The highest BCUT2D eigenvalue weighted by Gasteiger charge is 2.23. The van der Waals surface area contributed by atoms with Crippen LogP contribution in [0.15, 0.2) is 78.9 Å². The van der Waals surface area contributed by atoms with Crippen molar-refractivity contribution in [2.45, 2.75) is 44.9 Å². The Morgan fingerprint density at radius 2 is 1.59 bits per heavy atom. The molecule has 4 nitrogen and oxygen atoms in total. The molecule has 1 aliphatic rings. The maximum Gasteiger partial charge on any atom is 0.142 e. The number of aliphatic hydroxyl groups excluding tert-OH is 1. The highest BCUT2D eigenvalue weighted by Crippen LogP contribution is 2.38. The molecule has 1 aromatic heterocycles. The van der Waals surface area contributed by atoms with Gasteiger partial charge in [0.2, 0.25) is 0 Å². The lowest BCUT2D eigenvalue weighted by Gasteiger charge is -2.17. The van der Waals surface area contributed by atoms with Crippen molar-refractivity contribution in [1.82, 2.24) is 9.55 Å². The molecule has 1 saturated carbocycles. The highest BCUT2D eigenvalue weighted by atomic mass is 16.5. The molecule has 0 amide bonds. The van der Waals surface area contributed by atoms with Crippen LogP contribution in [0.4, 0.5) is 0 Å². The molecule has 4 aromatic rings. The Hall–Kier alpha value is -3.81. The summed E-state index contributed by atoms with van der Waals surface area (Å²) in [7, 11) is 0. The van der Waals surface area contributed by atoms with Gasteiger partial charge in [0.1, 0.15) is 11.6 Å². The summed E-state index contributed by atoms with van der Waals surface area (Å²) in [6.45, 7) is 0.325. The van der Waals surface area contributed by atoms with Crippen LogP contribution in [0.5, 0.6) is 5.75 Å². The number of benzene rings is 3. The van der Waals surface area contributed by atoms with Crippen LogP contribution in [-0.4, -0.2) is 20.8 Å². The van der Waals surface area contributed by atoms with E-state index in [2.05, 4.69) is 34.8 Å². The van der Waals surface area contributed by atoms with E-state index in [0.717, 1.165) is 58.1 Å². The third kappa shape index (κ3) is 4.35. The van der Waals surface area contributed by atoms with Gasteiger partial charge in [0.05, 0.1) is 30.6 Å². The third-order valence-corrected chi connectivity index (χ3v) is 6.40. The molecule has 0 radical (unpaired) electrons. The highest BCUT2D eigenvalue weighted by molar-refractivity contribution is 5.82. The number of rotatable bonds is 7. The average molecular weight is 449 g/mol. The third-order valence-electron chi connectivity index (χ3n) is 6.40. The zero-order valence-electron chi connectivity index (χ0n) is 19.2. The lowest BCUT2D eigenvalue weighted by Crippen LogP contribution is -2.12. The van der Waals surface area contributed by atoms with E-state index in [-0.39, 0.29) is 12.7 Å². The van der Waals surface area contributed by atoms with E-state index in [9.17, 15) is 5.11 Å². The quantitative estimate of drug-likeness (QED) is 0.336. The van der Waals surface area contributed by atoms with Gasteiger partial charge < -0.3 is 14.4 Å². The first kappa shape index (κ1) is 22.0. The van der Waals surface area contributed by atoms with E-state index in [4.69, 9.17) is 16.1 Å². The van der Waals surface area contributed by atoms with Crippen LogP contribution in [0, 0.1) is 12.3 Å². The van der Waals surface area contributed by atoms with Crippen molar-refractivity contribution in [3.63, 3.8) is 0 Å². The van der Waals surface area contributed by atoms with E-state index in [1.54, 1.807) is 0 Å². The monoisotopic (exact) mass is 448 g/mol. The zero-order valence-corrected chi connectivity index (χ0v) is 19.2. The molecule has 1 N–H and O–H groups in total. The van der Waals surface area contributed by atoms with Gasteiger partial charge >= 0.3 is 0 Å². The number of hydrogen-bond acceptors (Lipinski definition) is 3. The molecule has 3 aromatic carbocycles. The average Bonchev–Trinajstić information content (AvgIpc) is 3.53. The first-order valence-electron chi connectivity index (χ1n) is 11.8. The van der Waals surface area contributed by atoms with Crippen molar-refractivity contribution in [2.75, 3.05) is 0 Å². The first-order valence-corrected chi connectivity index (χ1v) is 11.8. The Bertz CT molecular complexity index is 1300. The van der Waals surface area contributed by atoms with E-state index in [1.165, 1.54) is 12.8 Å². The normalized spacial score (nSPS) is 13.6. The van der Waals surface area contributed by atoms with Crippen molar-refractivity contribution in [3.8, 4) is 52.0 Å². The van der Waals surface area contributed by atoms with Crippen molar-refractivity contribution in [2.24, 2.45) is 0 Å². The molecular weight excluding hydrogens is 420 g/mol. The summed E-state index contributed by atoms with van der Waals surface area (Å²) in [5.74, 6) is 4.33. The van der Waals surface area contributed by atoms with Gasteiger partial charge in [0, 0.05) is 22.3 Å². The Labute approximate surface area is 200 Å². The van der Waals surface area contributed by atoms with Gasteiger partial charge in [-0.3, -0.25) is 0 Å². The van der Waals surface area contributed by atoms with E-state index >= 15 is 0 Å². The van der Waals surface area contributed by atoms with Gasteiger partial charge in [-0.25, -0.2) is 4.98 Å². The van der Waals surface area contributed by atoms with Crippen molar-refractivity contribution >= 4 is 0 Å². The van der Waals surface area contributed by atoms with Crippen molar-refractivity contribution < 1.29 is 9.84 Å². The van der Waals surface area contributed by atoms with Gasteiger partial charge in [-0.1, -0.05) is 78.7 Å². The van der Waals surface area contributed by atoms with E-state index < -0.39 is 0 Å². The summed E-state index contributed by atoms with van der Waals surface area (Å²) in [6.07, 6.45) is 10.5. The molecule has 0 saturated heterocycles. The molecule has 0 aliphatic heterocycles. The van der Waals surface area contributed by atoms with Crippen LogP contribution in [0.2, 0.25) is 0 Å². The summed E-state index contributed by atoms with van der Waals surface area (Å²) in [5, 5.41) is 9.91. The molecule has 1 fully saturated rings. The maximum atomic E-state index is 9.91. The summed E-state index contributed by atoms with van der Waals surface area (Å²) in [4.78, 5) is 5.12. The van der Waals surface area contributed by atoms with Crippen LogP contribution in [0.3, 0.4) is 0 Å². The topological polar surface area (TPSA) is 47.3 Å². The number of aromatic nitrogens is 2. The molecular formula is C30H28N2O2. The molecule has 34 heavy (non-hydrogen) atoms. The van der Waals surface area contributed by atoms with Crippen LogP contribution in [0.25, 0.3) is 33.9 Å². The molecule has 0 atom stereocenters. The first-order chi connectivity index (χ1) is 16.8. The molecule has 0 unspecified atom stereocenters. The van der Waals surface area contributed by atoms with Crippen LogP contribution >= 0.6 is 0 Å². The molecule has 0 spiro atoms. The minimum atomic E-state index is -0.0638. The van der Waals surface area contributed by atoms with Crippen LogP contribution < -0.4 is 4.74 Å².